The van der Waals surface area contributed by atoms with Crippen LogP contribution in [0.15, 0.2) is 36.7 Å². The van der Waals surface area contributed by atoms with Gasteiger partial charge in [-0.2, -0.15) is 5.10 Å². The lowest BCUT2D eigenvalue weighted by Crippen LogP contribution is -2.13. The molecule has 5 nitrogen and oxygen atoms in total. The lowest BCUT2D eigenvalue weighted by atomic mass is 10.1. The third kappa shape index (κ3) is 2.18. The Bertz CT molecular complexity index is 769. The van der Waals surface area contributed by atoms with Crippen LogP contribution < -0.4 is 5.73 Å². The van der Waals surface area contributed by atoms with E-state index in [1.807, 2.05) is 19.2 Å². The third-order valence-corrected chi connectivity index (χ3v) is 3.40. The summed E-state index contributed by atoms with van der Waals surface area (Å²) in [5.74, 6) is -0.547. The number of aryl methyl sites for hydroxylation is 3. The van der Waals surface area contributed by atoms with Crippen LogP contribution in [0.5, 0.6) is 0 Å². The second-order valence-electron chi connectivity index (χ2n) is 4.78. The van der Waals surface area contributed by atoms with Crippen LogP contribution in [0.4, 0.5) is 0 Å². The van der Waals surface area contributed by atoms with Crippen LogP contribution in [-0.4, -0.2) is 20.3 Å². The molecule has 0 fully saturated rings. The van der Waals surface area contributed by atoms with E-state index in [1.54, 1.807) is 10.9 Å². The normalized spacial score (nSPS) is 11.1. The Morgan fingerprint density at radius 3 is 2.95 bits per heavy atom. The number of carbonyl (C=O) groups excluding carboxylic acids is 1. The van der Waals surface area contributed by atoms with Crippen LogP contribution >= 0.6 is 0 Å². The molecule has 0 saturated carbocycles. The highest BCUT2D eigenvalue weighted by Crippen LogP contribution is 2.20. The summed E-state index contributed by atoms with van der Waals surface area (Å²) in [6.07, 6.45) is 4.63. The molecule has 1 aromatic carbocycles. The number of aromatic nitrogens is 3. The van der Waals surface area contributed by atoms with Gasteiger partial charge in [0.2, 0.25) is 0 Å². The molecule has 0 saturated heterocycles. The van der Waals surface area contributed by atoms with Gasteiger partial charge in [0, 0.05) is 43.0 Å². The molecule has 2 heterocycles. The van der Waals surface area contributed by atoms with E-state index in [4.69, 9.17) is 5.73 Å². The fourth-order valence-corrected chi connectivity index (χ4v) is 2.42. The molecule has 0 atom stereocenters. The van der Waals surface area contributed by atoms with Crippen molar-refractivity contribution in [2.24, 2.45) is 12.8 Å². The Labute approximate surface area is 116 Å². The first-order chi connectivity index (χ1) is 9.65. The van der Waals surface area contributed by atoms with Gasteiger partial charge in [-0.3, -0.25) is 9.48 Å². The van der Waals surface area contributed by atoms with E-state index >= 15 is 0 Å². The van der Waals surface area contributed by atoms with Crippen molar-refractivity contribution in [1.82, 2.24) is 14.3 Å². The van der Waals surface area contributed by atoms with Gasteiger partial charge in [0.1, 0.15) is 0 Å². The summed E-state index contributed by atoms with van der Waals surface area (Å²) in [6.45, 7) is 0.692. The van der Waals surface area contributed by atoms with Crippen molar-refractivity contribution in [2.45, 2.75) is 13.0 Å². The highest BCUT2D eigenvalue weighted by atomic mass is 16.1. The van der Waals surface area contributed by atoms with Crippen molar-refractivity contribution in [1.29, 1.82) is 0 Å². The van der Waals surface area contributed by atoms with Crippen molar-refractivity contribution >= 4 is 16.8 Å². The molecule has 101 valence electrons. The lowest BCUT2D eigenvalue weighted by molar-refractivity contribution is 0.0994. The van der Waals surface area contributed by atoms with Crippen LogP contribution in [0, 0.1) is 6.07 Å². The van der Waals surface area contributed by atoms with E-state index in [0.29, 0.717) is 6.54 Å². The monoisotopic (exact) mass is 267 g/mol. The molecule has 0 aliphatic heterocycles. The summed E-state index contributed by atoms with van der Waals surface area (Å²) in [7, 11) is 2.04. The second-order valence-corrected chi connectivity index (χ2v) is 4.78. The Balaban J connectivity index is 1.81. The van der Waals surface area contributed by atoms with E-state index < -0.39 is 5.91 Å². The number of para-hydroxylation sites is 1. The van der Waals surface area contributed by atoms with Crippen molar-refractivity contribution in [2.75, 3.05) is 0 Å². The summed E-state index contributed by atoms with van der Waals surface area (Å²) in [4.78, 5) is 11.0. The zero-order chi connectivity index (χ0) is 14.1. The average molecular weight is 267 g/mol. The number of hydrogen-bond donors (Lipinski definition) is 1. The number of nitrogens with zero attached hydrogens (tertiary/aromatic N) is 3. The number of benzene rings is 1. The number of amides is 1. The van der Waals surface area contributed by atoms with Crippen LogP contribution in [0.25, 0.3) is 10.9 Å². The molecule has 5 heteroatoms. The van der Waals surface area contributed by atoms with Crippen molar-refractivity contribution in [3.63, 3.8) is 0 Å². The van der Waals surface area contributed by atoms with E-state index in [-0.39, 0.29) is 5.69 Å². The van der Waals surface area contributed by atoms with Crippen LogP contribution in [0.2, 0.25) is 0 Å². The molecule has 2 aromatic heterocycles. The van der Waals surface area contributed by atoms with Crippen molar-refractivity contribution < 1.29 is 4.79 Å². The molecule has 0 spiro atoms. The Morgan fingerprint density at radius 1 is 1.40 bits per heavy atom. The Morgan fingerprint density at radius 2 is 2.20 bits per heavy atom. The van der Waals surface area contributed by atoms with E-state index in [2.05, 4.69) is 34.1 Å². The maximum Gasteiger partial charge on any atom is 0.269 e. The molecular weight excluding hydrogens is 252 g/mol. The summed E-state index contributed by atoms with van der Waals surface area (Å²) >= 11 is 0. The number of rotatable bonds is 4. The predicted molar refractivity (Wildman–Crippen MR) is 76.2 cm³/mol. The molecule has 3 aromatic rings. The Kier molecular flexibility index (Phi) is 3.02. The molecule has 20 heavy (non-hydrogen) atoms. The molecule has 0 aliphatic carbocycles. The van der Waals surface area contributed by atoms with Gasteiger partial charge in [0.25, 0.3) is 5.91 Å². The molecule has 0 aliphatic rings. The summed E-state index contributed by atoms with van der Waals surface area (Å²) in [6, 6.07) is 11.1. The first kappa shape index (κ1) is 12.5. The molecule has 1 radical (unpaired) electrons. The predicted octanol–water partition coefficient (Wildman–Crippen LogP) is 1.52. The minimum Gasteiger partial charge on any atom is -0.364 e. The fraction of sp³-hybridized carbons (Fsp3) is 0.200. The SMILES string of the molecule is Cn1cc(CCn2c[c]c(C(N)=O)n2)c2ccccc21. The maximum atomic E-state index is 11.0. The van der Waals surface area contributed by atoms with E-state index in [9.17, 15) is 4.79 Å². The summed E-state index contributed by atoms with van der Waals surface area (Å²) in [5.41, 5.74) is 7.82. The third-order valence-electron chi connectivity index (χ3n) is 3.40. The number of fused-ring (bicyclic) bond motifs is 1. The van der Waals surface area contributed by atoms with Crippen molar-refractivity contribution in [3.8, 4) is 0 Å². The van der Waals surface area contributed by atoms with Crippen molar-refractivity contribution in [3.05, 3.63) is 54.0 Å². The van der Waals surface area contributed by atoms with Crippen LogP contribution in [0.3, 0.4) is 0 Å². The quantitative estimate of drug-likeness (QED) is 0.778. The highest BCUT2D eigenvalue weighted by Gasteiger charge is 2.08. The van der Waals surface area contributed by atoms with Gasteiger partial charge in [-0.05, 0) is 18.1 Å². The zero-order valence-electron chi connectivity index (χ0n) is 11.2. The standard InChI is InChI=1S/C15H15N4O/c1-18-10-11(12-4-2-3-5-14(12)18)6-8-19-9-7-13(17-19)15(16)20/h2-5,9-10H,6,8H2,1H3,(H2,16,20). The minimum atomic E-state index is -0.547. The minimum absolute atomic E-state index is 0.183. The molecule has 2 N–H and O–H groups in total. The molecular formula is C15H15N4O. The molecule has 3 rings (SSSR count). The topological polar surface area (TPSA) is 65.8 Å². The van der Waals surface area contributed by atoms with E-state index in [0.717, 1.165) is 6.42 Å². The van der Waals surface area contributed by atoms with Gasteiger partial charge >= 0.3 is 0 Å². The lowest BCUT2D eigenvalue weighted by Gasteiger charge is -2.00. The van der Waals surface area contributed by atoms with Gasteiger partial charge in [0.15, 0.2) is 5.69 Å². The summed E-state index contributed by atoms with van der Waals surface area (Å²) < 4.78 is 3.82. The first-order valence-corrected chi connectivity index (χ1v) is 6.43. The Hall–Kier alpha value is -2.56. The number of primary amides is 1. The second kappa shape index (κ2) is 4.85. The summed E-state index contributed by atoms with van der Waals surface area (Å²) in [5, 5.41) is 5.34. The van der Waals surface area contributed by atoms with Crippen LogP contribution in [0.1, 0.15) is 16.1 Å². The molecule has 0 unspecified atom stereocenters. The fourth-order valence-electron chi connectivity index (χ4n) is 2.42. The number of nitrogens with two attached hydrogens (primary N) is 1. The first-order valence-electron chi connectivity index (χ1n) is 6.43. The van der Waals surface area contributed by atoms with Gasteiger partial charge in [-0.1, -0.05) is 18.2 Å². The smallest absolute Gasteiger partial charge is 0.269 e. The van der Waals surface area contributed by atoms with Gasteiger partial charge in [-0.25, -0.2) is 0 Å². The average Bonchev–Trinajstić information content (AvgIpc) is 3.03. The highest BCUT2D eigenvalue weighted by molar-refractivity contribution is 5.90. The van der Waals surface area contributed by atoms with Crippen LogP contribution in [-0.2, 0) is 20.0 Å². The zero-order valence-corrected chi connectivity index (χ0v) is 11.2. The van der Waals surface area contributed by atoms with Gasteiger partial charge in [-0.15, -0.1) is 0 Å². The maximum absolute atomic E-state index is 11.0. The number of carbonyl (C=O) groups is 1. The molecule has 1 amide bonds. The number of hydrogen-bond acceptors (Lipinski definition) is 2. The van der Waals surface area contributed by atoms with E-state index in [1.165, 1.54) is 16.5 Å². The largest absolute Gasteiger partial charge is 0.364 e. The van der Waals surface area contributed by atoms with Gasteiger partial charge < -0.3 is 10.3 Å². The molecule has 0 bridgehead atoms. The van der Waals surface area contributed by atoms with Gasteiger partial charge in [0.05, 0.1) is 0 Å².